The Morgan fingerprint density at radius 2 is 1.62 bits per heavy atom. The van der Waals surface area contributed by atoms with Crippen LogP contribution in [0.5, 0.6) is 0 Å². The van der Waals surface area contributed by atoms with Crippen LogP contribution in [0.2, 0.25) is 0 Å². The second kappa shape index (κ2) is 8.07. The lowest BCUT2D eigenvalue weighted by Gasteiger charge is -2.29. The zero-order chi connectivity index (χ0) is 24.1. The minimum Gasteiger partial charge on any atom is -0.349 e. The zero-order valence-corrected chi connectivity index (χ0v) is 19.8. The Balaban J connectivity index is 1.75. The third kappa shape index (κ3) is 3.43. The van der Waals surface area contributed by atoms with Crippen molar-refractivity contribution in [1.82, 2.24) is 0 Å². The summed E-state index contributed by atoms with van der Waals surface area (Å²) in [7, 11) is 0. The first-order valence-electron chi connectivity index (χ1n) is 10.5. The fraction of sp³-hybridized carbons (Fsp3) is 0.0769. The first-order valence-corrected chi connectivity index (χ1v) is 11.3. The number of imide groups is 1. The molecule has 8 heteroatoms. The fourth-order valence-corrected chi connectivity index (χ4v) is 4.64. The fourth-order valence-electron chi connectivity index (χ4n) is 4.38. The third-order valence-corrected chi connectivity index (χ3v) is 6.44. The standard InChI is InChI=1S/C26H18BrN3O4/c1-14-6-11-21(15(2)12-14)29-25(31)19-5-3-4-18-23(19)20(26(29)32)13-22(30(33)34)24(18)28-17-9-7-16(27)8-10-17/h3-13,28H,1-2H3. The first kappa shape index (κ1) is 21.8. The van der Waals surface area contributed by atoms with Gasteiger partial charge in [-0.25, -0.2) is 4.90 Å². The second-order valence-electron chi connectivity index (χ2n) is 8.17. The van der Waals surface area contributed by atoms with Crippen LogP contribution in [0.15, 0.2) is 71.2 Å². The van der Waals surface area contributed by atoms with Crippen LogP contribution in [-0.4, -0.2) is 16.7 Å². The van der Waals surface area contributed by atoms with Gasteiger partial charge in [-0.3, -0.25) is 19.7 Å². The van der Waals surface area contributed by atoms with E-state index in [0.717, 1.165) is 20.5 Å². The number of benzene rings is 4. The highest BCUT2D eigenvalue weighted by Gasteiger charge is 2.37. The van der Waals surface area contributed by atoms with Gasteiger partial charge in [0, 0.05) is 32.6 Å². The molecule has 34 heavy (non-hydrogen) atoms. The number of halogens is 1. The van der Waals surface area contributed by atoms with Gasteiger partial charge in [-0.2, -0.15) is 0 Å². The monoisotopic (exact) mass is 515 g/mol. The van der Waals surface area contributed by atoms with E-state index < -0.39 is 16.7 Å². The molecule has 1 heterocycles. The molecule has 0 atom stereocenters. The Labute approximate surface area is 203 Å². The predicted octanol–water partition coefficient (Wildman–Crippen LogP) is 6.67. The largest absolute Gasteiger partial charge is 0.349 e. The molecule has 0 fully saturated rings. The van der Waals surface area contributed by atoms with Gasteiger partial charge < -0.3 is 5.32 Å². The average Bonchev–Trinajstić information content (AvgIpc) is 2.80. The van der Waals surface area contributed by atoms with Gasteiger partial charge >= 0.3 is 0 Å². The van der Waals surface area contributed by atoms with E-state index in [1.54, 1.807) is 36.4 Å². The van der Waals surface area contributed by atoms with Gasteiger partial charge in [0.2, 0.25) is 0 Å². The molecule has 0 saturated carbocycles. The number of hydrogen-bond acceptors (Lipinski definition) is 5. The number of carbonyl (C=O) groups excluding carboxylic acids is 2. The van der Waals surface area contributed by atoms with Crippen LogP contribution in [0.4, 0.5) is 22.7 Å². The molecule has 4 aromatic rings. The second-order valence-corrected chi connectivity index (χ2v) is 9.09. The topological polar surface area (TPSA) is 92.6 Å². The van der Waals surface area contributed by atoms with Crippen LogP contribution in [-0.2, 0) is 0 Å². The molecule has 4 aromatic carbocycles. The average molecular weight is 516 g/mol. The van der Waals surface area contributed by atoms with Crippen molar-refractivity contribution in [1.29, 1.82) is 0 Å². The molecule has 0 radical (unpaired) electrons. The van der Waals surface area contributed by atoms with Crippen molar-refractivity contribution in [2.75, 3.05) is 10.2 Å². The van der Waals surface area contributed by atoms with Crippen molar-refractivity contribution in [2.45, 2.75) is 13.8 Å². The third-order valence-electron chi connectivity index (χ3n) is 5.91. The molecule has 2 amide bonds. The molecule has 0 saturated heterocycles. The van der Waals surface area contributed by atoms with Crippen LogP contribution in [0.3, 0.4) is 0 Å². The molecule has 1 aliphatic rings. The number of aryl methyl sites for hydroxylation is 2. The van der Waals surface area contributed by atoms with E-state index in [1.807, 2.05) is 38.1 Å². The maximum Gasteiger partial charge on any atom is 0.294 e. The van der Waals surface area contributed by atoms with Crippen LogP contribution in [0.25, 0.3) is 10.8 Å². The van der Waals surface area contributed by atoms with Crippen molar-refractivity contribution in [2.24, 2.45) is 0 Å². The molecule has 1 aliphatic heterocycles. The highest BCUT2D eigenvalue weighted by Crippen LogP contribution is 2.42. The maximum atomic E-state index is 13.6. The summed E-state index contributed by atoms with van der Waals surface area (Å²) in [4.78, 5) is 39.8. The number of nitrogens with one attached hydrogen (secondary N) is 1. The van der Waals surface area contributed by atoms with Crippen molar-refractivity contribution in [3.8, 4) is 0 Å². The highest BCUT2D eigenvalue weighted by atomic mass is 79.9. The van der Waals surface area contributed by atoms with E-state index in [2.05, 4.69) is 21.2 Å². The van der Waals surface area contributed by atoms with Crippen molar-refractivity contribution >= 4 is 61.3 Å². The number of nitro benzene ring substituents is 1. The molecule has 168 valence electrons. The minimum atomic E-state index is -0.584. The lowest BCUT2D eigenvalue weighted by atomic mass is 9.91. The van der Waals surface area contributed by atoms with Gasteiger partial charge in [0.15, 0.2) is 0 Å². The number of rotatable bonds is 4. The van der Waals surface area contributed by atoms with Crippen molar-refractivity contribution in [3.63, 3.8) is 0 Å². The van der Waals surface area contributed by atoms with E-state index in [0.29, 0.717) is 27.7 Å². The summed E-state index contributed by atoms with van der Waals surface area (Å²) in [5.41, 5.74) is 3.29. The molecule has 0 aromatic heterocycles. The van der Waals surface area contributed by atoms with E-state index in [4.69, 9.17) is 0 Å². The summed E-state index contributed by atoms with van der Waals surface area (Å²) in [5, 5.41) is 16.0. The Morgan fingerprint density at radius 1 is 0.912 bits per heavy atom. The maximum absolute atomic E-state index is 13.6. The first-order chi connectivity index (χ1) is 16.3. The Kier molecular flexibility index (Phi) is 5.17. The van der Waals surface area contributed by atoms with E-state index in [-0.39, 0.29) is 16.9 Å². The number of anilines is 3. The molecular formula is C26H18BrN3O4. The number of nitrogens with zero attached hydrogens (tertiary/aromatic N) is 2. The Morgan fingerprint density at radius 3 is 2.29 bits per heavy atom. The van der Waals surface area contributed by atoms with Gasteiger partial charge in [0.25, 0.3) is 17.5 Å². The summed E-state index contributed by atoms with van der Waals surface area (Å²) in [6.45, 7) is 3.75. The summed E-state index contributed by atoms with van der Waals surface area (Å²) < 4.78 is 0.868. The number of carbonyl (C=O) groups is 2. The van der Waals surface area contributed by atoms with Crippen molar-refractivity contribution in [3.05, 3.63) is 104 Å². The smallest absolute Gasteiger partial charge is 0.294 e. The molecule has 1 N–H and O–H groups in total. The number of nitro groups is 1. The minimum absolute atomic E-state index is 0.123. The lowest BCUT2D eigenvalue weighted by Crippen LogP contribution is -2.41. The molecule has 0 spiro atoms. The van der Waals surface area contributed by atoms with E-state index in [1.165, 1.54) is 6.07 Å². The summed E-state index contributed by atoms with van der Waals surface area (Å²) in [6, 6.07) is 18.9. The molecule has 0 aliphatic carbocycles. The number of amides is 2. The number of hydrogen-bond donors (Lipinski definition) is 1. The van der Waals surface area contributed by atoms with E-state index in [9.17, 15) is 19.7 Å². The van der Waals surface area contributed by atoms with Gasteiger partial charge in [-0.15, -0.1) is 0 Å². The molecule has 0 unspecified atom stereocenters. The van der Waals surface area contributed by atoms with Crippen LogP contribution >= 0.6 is 15.9 Å². The van der Waals surface area contributed by atoms with Crippen molar-refractivity contribution < 1.29 is 14.5 Å². The zero-order valence-electron chi connectivity index (χ0n) is 18.3. The Hall–Kier alpha value is -4.04. The lowest BCUT2D eigenvalue weighted by molar-refractivity contribution is -0.383. The molecular weight excluding hydrogens is 498 g/mol. The normalized spacial score (nSPS) is 12.9. The molecule has 0 bridgehead atoms. The predicted molar refractivity (Wildman–Crippen MR) is 135 cm³/mol. The summed E-state index contributed by atoms with van der Waals surface area (Å²) in [5.74, 6) is -1.04. The van der Waals surface area contributed by atoms with Crippen LogP contribution in [0, 0.1) is 24.0 Å². The van der Waals surface area contributed by atoms with Crippen LogP contribution < -0.4 is 10.2 Å². The van der Waals surface area contributed by atoms with Gasteiger partial charge in [0.1, 0.15) is 5.69 Å². The Bertz CT molecular complexity index is 1530. The SMILES string of the molecule is Cc1ccc(N2C(=O)c3cccc4c(Nc5ccc(Br)cc5)c([N+](=O)[O-])cc(c34)C2=O)c(C)c1. The van der Waals surface area contributed by atoms with Gasteiger partial charge in [-0.05, 0) is 55.8 Å². The molecule has 7 nitrogen and oxygen atoms in total. The summed E-state index contributed by atoms with van der Waals surface area (Å²) >= 11 is 3.38. The molecule has 5 rings (SSSR count). The van der Waals surface area contributed by atoms with Gasteiger partial charge in [0.05, 0.1) is 16.2 Å². The summed E-state index contributed by atoms with van der Waals surface area (Å²) in [6.07, 6.45) is 0. The highest BCUT2D eigenvalue weighted by molar-refractivity contribution is 9.10. The van der Waals surface area contributed by atoms with E-state index >= 15 is 0 Å². The van der Waals surface area contributed by atoms with Gasteiger partial charge in [-0.1, -0.05) is 45.8 Å². The quantitative estimate of drug-likeness (QED) is 0.186. The van der Waals surface area contributed by atoms with Crippen LogP contribution in [0.1, 0.15) is 31.8 Å².